The van der Waals surface area contributed by atoms with Gasteiger partial charge in [-0.3, -0.25) is 4.90 Å². The molecule has 3 atom stereocenters. The van der Waals surface area contributed by atoms with Gasteiger partial charge in [0.25, 0.3) is 0 Å². The van der Waals surface area contributed by atoms with Crippen LogP contribution in [0.1, 0.15) is 27.2 Å². The van der Waals surface area contributed by atoms with Crippen LogP contribution in [0.25, 0.3) is 0 Å². The van der Waals surface area contributed by atoms with Crippen molar-refractivity contribution in [3.8, 4) is 0 Å². The van der Waals surface area contributed by atoms with Gasteiger partial charge in [0.05, 0.1) is 18.2 Å². The smallest absolute Gasteiger partial charge is 0.411 e. The number of ether oxygens (including phenoxy) is 1. The van der Waals surface area contributed by atoms with Crippen LogP contribution in [0.2, 0.25) is 0 Å². The molecule has 0 radical (unpaired) electrons. The standard InChI is InChI=1S/C11H17NO3/c1-11(2,3)15-10(14)12-7-4-5-8(12)9(13)6-7/h4-5,7-9,13H,6H2,1-3H3/t7?,8?,9-/m1/s1. The average Bonchev–Trinajstić information content (AvgIpc) is 2.55. The molecule has 0 aromatic heterocycles. The van der Waals surface area contributed by atoms with Crippen molar-refractivity contribution in [2.24, 2.45) is 0 Å². The minimum atomic E-state index is -0.482. The molecule has 2 heterocycles. The molecule has 84 valence electrons. The third kappa shape index (κ3) is 1.86. The molecule has 1 fully saturated rings. The molecule has 0 aliphatic carbocycles. The van der Waals surface area contributed by atoms with Crippen LogP contribution in [0, 0.1) is 0 Å². The predicted octanol–water partition coefficient (Wildman–Crippen LogP) is 1.30. The lowest BCUT2D eigenvalue weighted by atomic mass is 10.1. The largest absolute Gasteiger partial charge is 0.444 e. The molecule has 0 spiro atoms. The maximum Gasteiger partial charge on any atom is 0.411 e. The van der Waals surface area contributed by atoms with Crippen molar-refractivity contribution in [1.29, 1.82) is 0 Å². The lowest BCUT2D eigenvalue weighted by molar-refractivity contribution is 0.0193. The zero-order valence-corrected chi connectivity index (χ0v) is 9.30. The molecule has 0 saturated carbocycles. The van der Waals surface area contributed by atoms with Gasteiger partial charge in [-0.05, 0) is 27.2 Å². The third-order valence-electron chi connectivity index (χ3n) is 2.69. The van der Waals surface area contributed by atoms with Gasteiger partial charge in [0.2, 0.25) is 0 Å². The number of aliphatic hydroxyl groups excluding tert-OH is 1. The third-order valence-corrected chi connectivity index (χ3v) is 2.69. The first kappa shape index (κ1) is 10.5. The Bertz CT molecular complexity index is 305. The van der Waals surface area contributed by atoms with Gasteiger partial charge >= 0.3 is 6.09 Å². The number of carbonyl (C=O) groups excluding carboxylic acids is 1. The van der Waals surface area contributed by atoms with E-state index in [4.69, 9.17) is 4.74 Å². The normalized spacial score (nSPS) is 33.6. The van der Waals surface area contributed by atoms with E-state index >= 15 is 0 Å². The molecule has 1 N–H and O–H groups in total. The summed E-state index contributed by atoms with van der Waals surface area (Å²) >= 11 is 0. The van der Waals surface area contributed by atoms with Gasteiger partial charge in [0.15, 0.2) is 0 Å². The number of aliphatic hydroxyl groups is 1. The van der Waals surface area contributed by atoms with Gasteiger partial charge in [-0.15, -0.1) is 0 Å². The lowest BCUT2D eigenvalue weighted by Gasteiger charge is -2.27. The van der Waals surface area contributed by atoms with E-state index in [9.17, 15) is 9.90 Å². The number of fused-ring (bicyclic) bond motifs is 2. The molecule has 2 bridgehead atoms. The van der Waals surface area contributed by atoms with Crippen LogP contribution < -0.4 is 0 Å². The molecule has 4 heteroatoms. The number of rotatable bonds is 0. The van der Waals surface area contributed by atoms with Gasteiger partial charge < -0.3 is 9.84 Å². The predicted molar refractivity (Wildman–Crippen MR) is 55.4 cm³/mol. The zero-order chi connectivity index (χ0) is 11.2. The quantitative estimate of drug-likeness (QED) is 0.614. The Hall–Kier alpha value is -1.03. The molecular formula is C11H17NO3. The average molecular weight is 211 g/mol. The van der Waals surface area contributed by atoms with E-state index in [-0.39, 0.29) is 18.2 Å². The monoisotopic (exact) mass is 211 g/mol. The first-order valence-electron chi connectivity index (χ1n) is 5.26. The van der Waals surface area contributed by atoms with Crippen molar-refractivity contribution < 1.29 is 14.6 Å². The number of carbonyl (C=O) groups is 1. The van der Waals surface area contributed by atoms with Crippen molar-refractivity contribution in [1.82, 2.24) is 4.90 Å². The molecule has 1 saturated heterocycles. The fraction of sp³-hybridized carbons (Fsp3) is 0.727. The summed E-state index contributed by atoms with van der Waals surface area (Å²) in [6.45, 7) is 5.52. The minimum Gasteiger partial charge on any atom is -0.444 e. The summed E-state index contributed by atoms with van der Waals surface area (Å²) in [5.74, 6) is 0. The molecule has 2 unspecified atom stereocenters. The summed E-state index contributed by atoms with van der Waals surface area (Å²) in [6, 6.07) is -0.176. The Balaban J connectivity index is 2.05. The Morgan fingerprint density at radius 3 is 2.53 bits per heavy atom. The van der Waals surface area contributed by atoms with E-state index in [1.165, 1.54) is 0 Å². The number of hydrogen-bond acceptors (Lipinski definition) is 3. The Morgan fingerprint density at radius 1 is 1.47 bits per heavy atom. The van der Waals surface area contributed by atoms with E-state index in [1.54, 1.807) is 4.90 Å². The topological polar surface area (TPSA) is 49.8 Å². The van der Waals surface area contributed by atoms with E-state index < -0.39 is 11.7 Å². The minimum absolute atomic E-state index is 0.0137. The van der Waals surface area contributed by atoms with Gasteiger partial charge in [-0.1, -0.05) is 12.2 Å². The van der Waals surface area contributed by atoms with Crippen LogP contribution in [0.3, 0.4) is 0 Å². The van der Waals surface area contributed by atoms with Crippen LogP contribution >= 0.6 is 0 Å². The number of hydrogen-bond donors (Lipinski definition) is 1. The SMILES string of the molecule is CC(C)(C)OC(=O)N1C2C=CC1[C@H](O)C2. The van der Waals surface area contributed by atoms with E-state index in [1.807, 2.05) is 32.9 Å². The van der Waals surface area contributed by atoms with Crippen molar-refractivity contribution >= 4 is 6.09 Å². The summed E-state index contributed by atoms with van der Waals surface area (Å²) in [5, 5.41) is 9.64. The first-order valence-corrected chi connectivity index (χ1v) is 5.26. The molecular weight excluding hydrogens is 194 g/mol. The second-order valence-corrected chi connectivity index (χ2v) is 5.13. The van der Waals surface area contributed by atoms with Crippen molar-refractivity contribution in [2.45, 2.75) is 51.0 Å². The second kappa shape index (κ2) is 3.23. The number of nitrogens with zero attached hydrogens (tertiary/aromatic N) is 1. The highest BCUT2D eigenvalue weighted by Crippen LogP contribution is 2.33. The van der Waals surface area contributed by atoms with E-state index in [0.717, 1.165) is 0 Å². The first-order chi connectivity index (χ1) is 6.88. The van der Waals surface area contributed by atoms with Crippen molar-refractivity contribution in [3.05, 3.63) is 12.2 Å². The highest BCUT2D eigenvalue weighted by Gasteiger charge is 2.46. The van der Waals surface area contributed by atoms with Crippen LogP contribution in [0.4, 0.5) is 4.79 Å². The lowest BCUT2D eigenvalue weighted by Crippen LogP contribution is -2.41. The van der Waals surface area contributed by atoms with Crippen LogP contribution in [-0.2, 0) is 4.74 Å². The summed E-state index contributed by atoms with van der Waals surface area (Å²) in [7, 11) is 0. The maximum absolute atomic E-state index is 11.8. The maximum atomic E-state index is 11.8. The van der Waals surface area contributed by atoms with Crippen LogP contribution in [-0.4, -0.2) is 39.9 Å². The Kier molecular flexibility index (Phi) is 2.26. The second-order valence-electron chi connectivity index (χ2n) is 5.13. The van der Waals surface area contributed by atoms with Gasteiger partial charge in [0.1, 0.15) is 5.60 Å². The fourth-order valence-corrected chi connectivity index (χ4v) is 2.11. The van der Waals surface area contributed by atoms with Crippen molar-refractivity contribution in [3.63, 3.8) is 0 Å². The molecule has 4 nitrogen and oxygen atoms in total. The summed E-state index contributed by atoms with van der Waals surface area (Å²) in [4.78, 5) is 13.4. The molecule has 0 aromatic carbocycles. The molecule has 0 aromatic rings. The molecule has 2 aliphatic rings. The summed E-state index contributed by atoms with van der Waals surface area (Å²) in [5.41, 5.74) is -0.482. The van der Waals surface area contributed by atoms with E-state index in [2.05, 4.69) is 0 Å². The zero-order valence-electron chi connectivity index (χ0n) is 9.30. The Morgan fingerprint density at radius 2 is 2.13 bits per heavy atom. The molecule has 1 amide bonds. The van der Waals surface area contributed by atoms with Gasteiger partial charge in [0, 0.05) is 0 Å². The highest BCUT2D eigenvalue weighted by molar-refractivity contribution is 5.71. The van der Waals surface area contributed by atoms with E-state index in [0.29, 0.717) is 6.42 Å². The van der Waals surface area contributed by atoms with Crippen molar-refractivity contribution in [2.75, 3.05) is 0 Å². The highest BCUT2D eigenvalue weighted by atomic mass is 16.6. The molecule has 15 heavy (non-hydrogen) atoms. The van der Waals surface area contributed by atoms with Gasteiger partial charge in [-0.25, -0.2) is 4.79 Å². The molecule has 2 aliphatic heterocycles. The van der Waals surface area contributed by atoms with Crippen LogP contribution in [0.15, 0.2) is 12.2 Å². The summed E-state index contributed by atoms with van der Waals surface area (Å²) in [6.07, 6.45) is 3.69. The summed E-state index contributed by atoms with van der Waals surface area (Å²) < 4.78 is 5.29. The number of amides is 1. The van der Waals surface area contributed by atoms with Crippen LogP contribution in [0.5, 0.6) is 0 Å². The fourth-order valence-electron chi connectivity index (χ4n) is 2.11. The Labute approximate surface area is 89.5 Å². The molecule has 2 rings (SSSR count). The van der Waals surface area contributed by atoms with Gasteiger partial charge in [-0.2, -0.15) is 0 Å².